The first-order chi connectivity index (χ1) is 17.2. The molecule has 2 aromatic rings. The molecular formula is C32H46N2O2. The molecule has 0 spiro atoms. The number of rotatable bonds is 4. The van der Waals surface area contributed by atoms with E-state index in [4.69, 9.17) is 9.97 Å². The Labute approximate surface area is 217 Å². The van der Waals surface area contributed by atoms with E-state index in [1.807, 2.05) is 6.20 Å². The van der Waals surface area contributed by atoms with Crippen molar-refractivity contribution < 1.29 is 10.2 Å². The van der Waals surface area contributed by atoms with Crippen LogP contribution in [0, 0.1) is 53.3 Å². The van der Waals surface area contributed by atoms with E-state index in [0.717, 1.165) is 61.2 Å². The van der Waals surface area contributed by atoms with Crippen molar-refractivity contribution in [2.24, 2.45) is 46.3 Å². The molecule has 1 aromatic carbocycles. The van der Waals surface area contributed by atoms with Crippen LogP contribution >= 0.6 is 0 Å². The largest absolute Gasteiger partial charge is 0.393 e. The number of fused-ring (bicyclic) bond motifs is 6. The van der Waals surface area contributed by atoms with Gasteiger partial charge in [0.15, 0.2) is 0 Å². The van der Waals surface area contributed by atoms with Gasteiger partial charge in [-0.1, -0.05) is 32.9 Å². The van der Waals surface area contributed by atoms with Crippen LogP contribution in [0.1, 0.15) is 89.9 Å². The van der Waals surface area contributed by atoms with Crippen molar-refractivity contribution in [2.75, 3.05) is 0 Å². The number of nitrogens with zero attached hydrogens (tertiary/aromatic N) is 2. The topological polar surface area (TPSA) is 66.2 Å². The summed E-state index contributed by atoms with van der Waals surface area (Å²) in [7, 11) is 0. The minimum absolute atomic E-state index is 0.159. The minimum Gasteiger partial charge on any atom is -0.393 e. The van der Waals surface area contributed by atoms with E-state index in [0.29, 0.717) is 40.4 Å². The lowest BCUT2D eigenvalue weighted by molar-refractivity contribution is -0.174. The molecule has 4 fully saturated rings. The van der Waals surface area contributed by atoms with Crippen LogP contribution in [0.5, 0.6) is 0 Å². The quantitative estimate of drug-likeness (QED) is 0.513. The summed E-state index contributed by atoms with van der Waals surface area (Å²) in [6.45, 7) is 9.67. The van der Waals surface area contributed by atoms with Crippen LogP contribution in [0.2, 0.25) is 0 Å². The number of aliphatic hydroxyl groups is 2. The summed E-state index contributed by atoms with van der Waals surface area (Å²) in [4.78, 5) is 9.60. The van der Waals surface area contributed by atoms with E-state index in [1.165, 1.54) is 31.2 Å². The van der Waals surface area contributed by atoms with E-state index < -0.39 is 0 Å². The Morgan fingerprint density at radius 2 is 1.78 bits per heavy atom. The molecule has 4 aliphatic carbocycles. The molecule has 10 atom stereocenters. The zero-order valence-electron chi connectivity index (χ0n) is 22.8. The minimum atomic E-state index is -0.188. The molecule has 196 valence electrons. The molecular weight excluding hydrogens is 444 g/mol. The molecule has 0 saturated heterocycles. The van der Waals surface area contributed by atoms with Gasteiger partial charge in [-0.15, -0.1) is 0 Å². The van der Waals surface area contributed by atoms with Gasteiger partial charge in [-0.25, -0.2) is 9.97 Å². The molecule has 4 aliphatic rings. The fraction of sp³-hybridized carbons (Fsp3) is 0.750. The number of aliphatic hydroxyl groups excluding tert-OH is 2. The van der Waals surface area contributed by atoms with E-state index >= 15 is 0 Å². The molecule has 2 N–H and O–H groups in total. The highest BCUT2D eigenvalue weighted by Crippen LogP contribution is 2.68. The fourth-order valence-electron chi connectivity index (χ4n) is 10.1. The van der Waals surface area contributed by atoms with Crippen LogP contribution in [0.15, 0.2) is 24.4 Å². The van der Waals surface area contributed by atoms with Gasteiger partial charge < -0.3 is 10.2 Å². The summed E-state index contributed by atoms with van der Waals surface area (Å²) in [5.41, 5.74) is 2.94. The Morgan fingerprint density at radius 3 is 2.61 bits per heavy atom. The van der Waals surface area contributed by atoms with Crippen LogP contribution in [-0.2, 0) is 6.42 Å². The molecule has 1 aromatic heterocycles. The van der Waals surface area contributed by atoms with Crippen molar-refractivity contribution in [1.82, 2.24) is 9.97 Å². The summed E-state index contributed by atoms with van der Waals surface area (Å²) in [6, 6.07) is 6.32. The Balaban J connectivity index is 1.17. The second-order valence-electron chi connectivity index (χ2n) is 13.8. The van der Waals surface area contributed by atoms with Gasteiger partial charge in [-0.2, -0.15) is 0 Å². The molecule has 1 unspecified atom stereocenters. The number of benzene rings is 1. The van der Waals surface area contributed by atoms with Gasteiger partial charge in [0.25, 0.3) is 0 Å². The van der Waals surface area contributed by atoms with Crippen LogP contribution in [0.3, 0.4) is 0 Å². The highest BCUT2D eigenvalue weighted by Gasteiger charge is 2.62. The Kier molecular flexibility index (Phi) is 6.23. The summed E-state index contributed by atoms with van der Waals surface area (Å²) in [5, 5.41) is 23.0. The normalized spacial score (nSPS) is 43.0. The molecule has 0 radical (unpaired) electrons. The van der Waals surface area contributed by atoms with E-state index in [1.54, 1.807) is 0 Å². The van der Waals surface area contributed by atoms with Gasteiger partial charge in [-0.3, -0.25) is 0 Å². The number of hydrogen-bond acceptors (Lipinski definition) is 4. The maximum Gasteiger partial charge on any atom is 0.128 e. The van der Waals surface area contributed by atoms with Crippen LogP contribution in [-0.4, -0.2) is 32.4 Å². The van der Waals surface area contributed by atoms with Crippen molar-refractivity contribution in [1.29, 1.82) is 0 Å². The molecule has 4 heteroatoms. The Hall–Kier alpha value is -1.52. The average Bonchev–Trinajstić information content (AvgIpc) is 3.21. The van der Waals surface area contributed by atoms with Crippen molar-refractivity contribution in [3.8, 4) is 0 Å². The van der Waals surface area contributed by atoms with Crippen LogP contribution in [0.25, 0.3) is 10.9 Å². The SMILES string of the molecule is Cc1cccc2nc(CC[C@@H](C)[C@H]3CC[C@H]4[C@H]5C(CC[C@]34C)[C@@]3(C)CC[C@@H](O)C[C@H]3C[C@H]5O)ncc12. The van der Waals surface area contributed by atoms with Gasteiger partial charge in [0.05, 0.1) is 17.7 Å². The second-order valence-corrected chi connectivity index (χ2v) is 13.8. The summed E-state index contributed by atoms with van der Waals surface area (Å²) >= 11 is 0. The van der Waals surface area contributed by atoms with Gasteiger partial charge in [0.2, 0.25) is 0 Å². The molecule has 1 heterocycles. The summed E-state index contributed by atoms with van der Waals surface area (Å²) in [6.07, 6.45) is 12.8. The molecule has 0 amide bonds. The summed E-state index contributed by atoms with van der Waals surface area (Å²) < 4.78 is 0. The van der Waals surface area contributed by atoms with Crippen LogP contribution < -0.4 is 0 Å². The lowest BCUT2D eigenvalue weighted by atomic mass is 9.43. The number of aromatic nitrogens is 2. The van der Waals surface area contributed by atoms with Crippen molar-refractivity contribution in [2.45, 2.75) is 104 Å². The smallest absolute Gasteiger partial charge is 0.128 e. The standard InChI is InChI=1S/C32H46N2O2/c1-19-6-5-7-27-23(19)18-33-29(34-27)11-8-20(2)24-9-10-25-30-26(13-15-32(24,25)4)31(3)14-12-22(35)16-21(31)17-28(30)36/h5-7,18,20-22,24-26,28,30,35-36H,8-17H2,1-4H3/t20-,21+,22-,24-,25+,26?,28-,30+,31+,32-/m1/s1. The molecule has 4 nitrogen and oxygen atoms in total. The first-order valence-corrected chi connectivity index (χ1v) is 14.8. The molecule has 36 heavy (non-hydrogen) atoms. The lowest BCUT2D eigenvalue weighted by Crippen LogP contribution is -2.58. The highest BCUT2D eigenvalue weighted by molar-refractivity contribution is 5.80. The maximum absolute atomic E-state index is 11.5. The van der Waals surface area contributed by atoms with E-state index in [-0.39, 0.29) is 12.2 Å². The maximum atomic E-state index is 11.5. The predicted octanol–water partition coefficient (Wildman–Crippen LogP) is 6.50. The van der Waals surface area contributed by atoms with Gasteiger partial charge >= 0.3 is 0 Å². The van der Waals surface area contributed by atoms with Crippen molar-refractivity contribution in [3.63, 3.8) is 0 Å². The first kappa shape index (κ1) is 24.8. The Morgan fingerprint density at radius 1 is 1.00 bits per heavy atom. The first-order valence-electron chi connectivity index (χ1n) is 14.8. The van der Waals surface area contributed by atoms with Crippen molar-refractivity contribution in [3.05, 3.63) is 35.8 Å². The molecule has 0 aliphatic heterocycles. The third-order valence-electron chi connectivity index (χ3n) is 12.1. The molecule has 0 bridgehead atoms. The fourth-order valence-corrected chi connectivity index (χ4v) is 10.1. The summed E-state index contributed by atoms with van der Waals surface area (Å²) in [5.74, 6) is 4.54. The van der Waals surface area contributed by atoms with Gasteiger partial charge in [0, 0.05) is 18.0 Å². The number of hydrogen-bond donors (Lipinski definition) is 2. The average molecular weight is 491 g/mol. The van der Waals surface area contributed by atoms with E-state index in [9.17, 15) is 10.2 Å². The highest BCUT2D eigenvalue weighted by atomic mass is 16.3. The molecule has 6 rings (SSSR count). The molecule has 4 saturated carbocycles. The lowest BCUT2D eigenvalue weighted by Gasteiger charge is -2.62. The zero-order chi connectivity index (χ0) is 25.2. The van der Waals surface area contributed by atoms with Crippen LogP contribution in [0.4, 0.5) is 0 Å². The van der Waals surface area contributed by atoms with E-state index in [2.05, 4.69) is 45.9 Å². The second kappa shape index (κ2) is 9.05. The van der Waals surface area contributed by atoms with Crippen molar-refractivity contribution >= 4 is 10.9 Å². The van der Waals surface area contributed by atoms with Gasteiger partial charge in [0.1, 0.15) is 5.82 Å². The Bertz CT molecular complexity index is 1120. The monoisotopic (exact) mass is 490 g/mol. The van der Waals surface area contributed by atoms with Gasteiger partial charge in [-0.05, 0) is 123 Å². The third kappa shape index (κ3) is 3.85. The third-order valence-corrected chi connectivity index (χ3v) is 12.1. The zero-order valence-corrected chi connectivity index (χ0v) is 22.8. The number of aryl methyl sites for hydroxylation is 2. The predicted molar refractivity (Wildman–Crippen MR) is 144 cm³/mol.